The molecule has 12 rings (SSSR count). The van der Waals surface area contributed by atoms with Crippen LogP contribution >= 0.6 is 0 Å². The summed E-state index contributed by atoms with van der Waals surface area (Å²) in [7, 11) is 0. The molecule has 2 unspecified atom stereocenters. The smallest absolute Gasteiger partial charge is 0.145 e. The molecule has 0 spiro atoms. The minimum Gasteiger partial charge on any atom is -0.350 e. The van der Waals surface area contributed by atoms with E-state index in [1.54, 1.807) is 0 Å². The Hall–Kier alpha value is -8.19. The van der Waals surface area contributed by atoms with Crippen LogP contribution in [0.3, 0.4) is 0 Å². The SMILES string of the molecule is c1ccc(C2=NC(c3ccc(-c4ccc(-c5nc6c7cnccc7c7ccccc7c6n5-c5cccc6ccccc56)cc4)cc3)NC(c3ccc(-c4ccccc4)cc3)N2)cc1. The minimum absolute atomic E-state index is 0.134. The standard InChI is InChI=1S/C57H40N6/c1-3-12-37(13-4-1)38-22-28-43(29-23-38)55-60-54(42-15-5-2-6-16-42)61-56(62-55)44-30-24-39(25-31-44)40-26-32-45(33-27-40)57-59-52-50-36-58-35-34-48(50)47-19-9-10-20-49(47)53(52)63(57)51-21-11-17-41-14-7-8-18-46(41)51/h1-36,55-56,62H,(H,60,61). The van der Waals surface area contributed by atoms with E-state index in [0.717, 1.165) is 77.9 Å². The lowest BCUT2D eigenvalue weighted by Crippen LogP contribution is -2.44. The Kier molecular flexibility index (Phi) is 8.94. The second-order valence-electron chi connectivity index (χ2n) is 16.1. The molecule has 0 amide bonds. The molecule has 0 aliphatic carbocycles. The van der Waals surface area contributed by atoms with Crippen LogP contribution in [0.2, 0.25) is 0 Å². The zero-order valence-corrected chi connectivity index (χ0v) is 34.2. The number of nitrogens with zero attached hydrogens (tertiary/aromatic N) is 4. The number of hydrogen-bond acceptors (Lipinski definition) is 5. The van der Waals surface area contributed by atoms with Crippen LogP contribution in [0.5, 0.6) is 0 Å². The molecular formula is C57H40N6. The molecule has 3 heterocycles. The van der Waals surface area contributed by atoms with Gasteiger partial charge in [0, 0.05) is 39.7 Å². The molecule has 2 N–H and O–H groups in total. The van der Waals surface area contributed by atoms with Crippen molar-refractivity contribution in [3.8, 4) is 39.3 Å². The molecule has 0 bridgehead atoms. The van der Waals surface area contributed by atoms with E-state index in [0.29, 0.717) is 0 Å². The van der Waals surface area contributed by atoms with E-state index in [2.05, 4.69) is 214 Å². The number of imidazole rings is 1. The van der Waals surface area contributed by atoms with Crippen LogP contribution in [0.4, 0.5) is 0 Å². The summed E-state index contributed by atoms with van der Waals surface area (Å²) in [5.74, 6) is 1.75. The lowest BCUT2D eigenvalue weighted by molar-refractivity contribution is 0.409. The van der Waals surface area contributed by atoms with Crippen LogP contribution in [0, 0.1) is 0 Å². The van der Waals surface area contributed by atoms with E-state index in [4.69, 9.17) is 9.98 Å². The van der Waals surface area contributed by atoms with E-state index in [1.807, 2.05) is 24.5 Å². The molecule has 0 radical (unpaired) electrons. The van der Waals surface area contributed by atoms with E-state index in [-0.39, 0.29) is 12.3 Å². The maximum absolute atomic E-state index is 5.48. The lowest BCUT2D eigenvalue weighted by Gasteiger charge is -2.32. The Morgan fingerprint density at radius 1 is 0.429 bits per heavy atom. The highest BCUT2D eigenvalue weighted by Crippen LogP contribution is 2.40. The highest BCUT2D eigenvalue weighted by molar-refractivity contribution is 6.24. The molecule has 6 heteroatoms. The summed E-state index contributed by atoms with van der Waals surface area (Å²) in [6.07, 6.45) is 3.44. The monoisotopic (exact) mass is 808 g/mol. The fourth-order valence-corrected chi connectivity index (χ4v) is 9.24. The van der Waals surface area contributed by atoms with Crippen LogP contribution in [-0.2, 0) is 0 Å². The first kappa shape index (κ1) is 36.6. The second kappa shape index (κ2) is 15.4. The van der Waals surface area contributed by atoms with Gasteiger partial charge in [0.25, 0.3) is 0 Å². The molecule has 2 aromatic heterocycles. The van der Waals surface area contributed by atoms with Crippen molar-refractivity contribution >= 4 is 49.2 Å². The van der Waals surface area contributed by atoms with Gasteiger partial charge in [-0.05, 0) is 61.7 Å². The van der Waals surface area contributed by atoms with Gasteiger partial charge in [0.2, 0.25) is 0 Å². The zero-order chi connectivity index (χ0) is 41.7. The van der Waals surface area contributed by atoms with Gasteiger partial charge in [-0.25, -0.2) is 9.98 Å². The number of amidine groups is 1. The first-order valence-corrected chi connectivity index (χ1v) is 21.4. The molecule has 298 valence electrons. The largest absolute Gasteiger partial charge is 0.350 e. The second-order valence-corrected chi connectivity index (χ2v) is 16.1. The molecule has 0 saturated heterocycles. The molecular weight excluding hydrogens is 769 g/mol. The minimum atomic E-state index is -0.249. The first-order valence-electron chi connectivity index (χ1n) is 21.4. The number of hydrogen-bond donors (Lipinski definition) is 2. The summed E-state index contributed by atoms with van der Waals surface area (Å²) in [4.78, 5) is 15.3. The van der Waals surface area contributed by atoms with Gasteiger partial charge in [0.1, 0.15) is 24.0 Å². The Morgan fingerprint density at radius 2 is 0.984 bits per heavy atom. The highest BCUT2D eigenvalue weighted by Gasteiger charge is 2.26. The number of pyridine rings is 1. The summed E-state index contributed by atoms with van der Waals surface area (Å²) in [5.41, 5.74) is 12.1. The van der Waals surface area contributed by atoms with Crippen LogP contribution in [0.1, 0.15) is 29.0 Å². The third-order valence-electron chi connectivity index (χ3n) is 12.4. The third-order valence-corrected chi connectivity index (χ3v) is 12.4. The fourth-order valence-electron chi connectivity index (χ4n) is 9.24. The summed E-state index contributed by atoms with van der Waals surface area (Å²) >= 11 is 0. The Bertz CT molecular complexity index is 3480. The molecule has 11 aromatic rings. The molecule has 6 nitrogen and oxygen atoms in total. The number of nitrogens with one attached hydrogen (secondary N) is 2. The highest BCUT2D eigenvalue weighted by atomic mass is 15.3. The van der Waals surface area contributed by atoms with Gasteiger partial charge in [-0.1, -0.05) is 194 Å². The van der Waals surface area contributed by atoms with Gasteiger partial charge in [0.15, 0.2) is 0 Å². The van der Waals surface area contributed by atoms with Crippen molar-refractivity contribution in [3.63, 3.8) is 0 Å². The van der Waals surface area contributed by atoms with Crippen molar-refractivity contribution in [3.05, 3.63) is 235 Å². The van der Waals surface area contributed by atoms with E-state index in [1.165, 1.54) is 27.3 Å². The number of rotatable bonds is 7. The van der Waals surface area contributed by atoms with Crippen molar-refractivity contribution in [2.75, 3.05) is 0 Å². The van der Waals surface area contributed by atoms with Gasteiger partial charge >= 0.3 is 0 Å². The molecule has 63 heavy (non-hydrogen) atoms. The summed E-state index contributed by atoms with van der Waals surface area (Å²) in [6.45, 7) is 0. The maximum Gasteiger partial charge on any atom is 0.145 e. The Labute approximate surface area is 364 Å². The van der Waals surface area contributed by atoms with Crippen molar-refractivity contribution in [1.82, 2.24) is 25.2 Å². The van der Waals surface area contributed by atoms with Crippen molar-refractivity contribution < 1.29 is 0 Å². The van der Waals surface area contributed by atoms with Gasteiger partial charge in [-0.2, -0.15) is 0 Å². The maximum atomic E-state index is 5.48. The van der Waals surface area contributed by atoms with Gasteiger partial charge in [-0.15, -0.1) is 0 Å². The Morgan fingerprint density at radius 3 is 1.71 bits per heavy atom. The number of benzene rings is 9. The van der Waals surface area contributed by atoms with Crippen LogP contribution < -0.4 is 10.6 Å². The van der Waals surface area contributed by atoms with Crippen LogP contribution in [0.25, 0.3) is 82.7 Å². The molecule has 2 atom stereocenters. The zero-order valence-electron chi connectivity index (χ0n) is 34.2. The average Bonchev–Trinajstić information content (AvgIpc) is 3.78. The third kappa shape index (κ3) is 6.52. The topological polar surface area (TPSA) is 67.1 Å². The average molecular weight is 809 g/mol. The van der Waals surface area contributed by atoms with Crippen molar-refractivity contribution in [2.45, 2.75) is 12.3 Å². The molecule has 1 aliphatic heterocycles. The Balaban J connectivity index is 0.904. The predicted molar refractivity (Wildman–Crippen MR) is 259 cm³/mol. The number of fused-ring (bicyclic) bond motifs is 7. The normalized spacial score (nSPS) is 15.1. The van der Waals surface area contributed by atoms with E-state index < -0.39 is 0 Å². The fraction of sp³-hybridized carbons (Fsp3) is 0.0351. The predicted octanol–water partition coefficient (Wildman–Crippen LogP) is 13.2. The van der Waals surface area contributed by atoms with Crippen LogP contribution in [0.15, 0.2) is 224 Å². The summed E-state index contributed by atoms with van der Waals surface area (Å²) in [5, 5.41) is 14.3. The summed E-state index contributed by atoms with van der Waals surface area (Å²) < 4.78 is 2.36. The number of aromatic nitrogens is 3. The van der Waals surface area contributed by atoms with Crippen molar-refractivity contribution in [1.29, 1.82) is 0 Å². The van der Waals surface area contributed by atoms with Crippen LogP contribution in [-0.4, -0.2) is 20.4 Å². The van der Waals surface area contributed by atoms with Crippen molar-refractivity contribution in [2.24, 2.45) is 4.99 Å². The summed E-state index contributed by atoms with van der Waals surface area (Å²) in [6, 6.07) is 73.1. The molecule has 1 aliphatic rings. The lowest BCUT2D eigenvalue weighted by atomic mass is 10.00. The van der Waals surface area contributed by atoms with Gasteiger partial charge in [0.05, 0.1) is 16.7 Å². The molecule has 0 saturated carbocycles. The first-order chi connectivity index (χ1) is 31.2. The van der Waals surface area contributed by atoms with Gasteiger partial charge < -0.3 is 5.32 Å². The quantitative estimate of drug-likeness (QED) is 0.157. The molecule has 0 fully saturated rings. The van der Waals surface area contributed by atoms with Gasteiger partial charge in [-0.3, -0.25) is 14.9 Å². The number of aliphatic imine (C=N–C) groups is 1. The molecule has 9 aromatic carbocycles. The van der Waals surface area contributed by atoms with E-state index in [9.17, 15) is 0 Å². The van der Waals surface area contributed by atoms with E-state index >= 15 is 0 Å².